The van der Waals surface area contributed by atoms with Crippen molar-refractivity contribution < 1.29 is 13.9 Å². The third-order valence-corrected chi connectivity index (χ3v) is 6.36. The van der Waals surface area contributed by atoms with Crippen molar-refractivity contribution in [3.05, 3.63) is 63.6 Å². The molecule has 3 aromatic rings. The van der Waals surface area contributed by atoms with Gasteiger partial charge in [-0.05, 0) is 44.4 Å². The second kappa shape index (κ2) is 8.55. The van der Waals surface area contributed by atoms with E-state index in [4.69, 9.17) is 4.74 Å². The second-order valence-electron chi connectivity index (χ2n) is 8.75. The van der Waals surface area contributed by atoms with Crippen LogP contribution in [0.5, 0.6) is 5.75 Å². The number of pyridine rings is 1. The van der Waals surface area contributed by atoms with Crippen LogP contribution >= 0.6 is 0 Å². The number of amides is 1. The van der Waals surface area contributed by atoms with Crippen LogP contribution in [0, 0.1) is 5.82 Å². The minimum absolute atomic E-state index is 0.0601. The van der Waals surface area contributed by atoms with Gasteiger partial charge in [-0.25, -0.2) is 14.4 Å². The third kappa shape index (κ3) is 4.32. The summed E-state index contributed by atoms with van der Waals surface area (Å²) < 4.78 is 21.1. The molecule has 1 saturated heterocycles. The molecular weight excluding hydrogens is 425 g/mol. The molecule has 1 aliphatic heterocycles. The van der Waals surface area contributed by atoms with Crippen LogP contribution < -0.4 is 15.6 Å². The van der Waals surface area contributed by atoms with E-state index in [-0.39, 0.29) is 35.2 Å². The summed E-state index contributed by atoms with van der Waals surface area (Å²) in [6, 6.07) is 7.23. The largest absolute Gasteiger partial charge is 0.486 e. The molecule has 1 aromatic carbocycles. The van der Waals surface area contributed by atoms with Crippen LogP contribution in [-0.2, 0) is 13.0 Å². The van der Waals surface area contributed by atoms with E-state index < -0.39 is 5.82 Å². The van der Waals surface area contributed by atoms with Crippen molar-refractivity contribution in [2.24, 2.45) is 0 Å². The van der Waals surface area contributed by atoms with Gasteiger partial charge in [0, 0.05) is 30.7 Å². The van der Waals surface area contributed by atoms with E-state index in [0.29, 0.717) is 47.7 Å². The van der Waals surface area contributed by atoms with E-state index in [1.807, 2.05) is 13.8 Å². The quantitative estimate of drug-likeness (QED) is 0.573. The van der Waals surface area contributed by atoms with Gasteiger partial charge in [-0.3, -0.25) is 14.5 Å². The third-order valence-electron chi connectivity index (χ3n) is 6.36. The van der Waals surface area contributed by atoms with Crippen molar-refractivity contribution in [1.29, 1.82) is 0 Å². The fourth-order valence-corrected chi connectivity index (χ4v) is 4.02. The molecule has 33 heavy (non-hydrogen) atoms. The first-order chi connectivity index (χ1) is 15.9. The lowest BCUT2D eigenvalue weighted by molar-refractivity contribution is -0.0419. The molecule has 2 aliphatic rings. The van der Waals surface area contributed by atoms with E-state index in [9.17, 15) is 9.59 Å². The second-order valence-corrected chi connectivity index (χ2v) is 8.75. The number of fused-ring (bicyclic) bond motifs is 1. The number of nitrogens with zero attached hydrogens (tertiary/aromatic N) is 3. The number of ether oxygens (including phenoxy) is 1. The lowest BCUT2D eigenvalue weighted by atomic mass is 9.99. The molecule has 172 valence electrons. The van der Waals surface area contributed by atoms with E-state index >= 15 is 4.39 Å². The average molecular weight is 452 g/mol. The summed E-state index contributed by atoms with van der Waals surface area (Å²) in [5, 5.41) is 2.91. The maximum atomic E-state index is 15.1. The van der Waals surface area contributed by atoms with Crippen LogP contribution in [0.3, 0.4) is 0 Å². The number of halogens is 1. The van der Waals surface area contributed by atoms with Crippen LogP contribution in [-0.4, -0.2) is 50.5 Å². The number of aromatic nitrogens is 3. The molecule has 2 atom stereocenters. The molecule has 0 bridgehead atoms. The van der Waals surface area contributed by atoms with Crippen LogP contribution in [0.25, 0.3) is 11.0 Å². The van der Waals surface area contributed by atoms with Gasteiger partial charge in [0.05, 0.1) is 11.7 Å². The smallest absolute Gasteiger partial charge is 0.270 e. The molecule has 2 N–H and O–H groups in total. The van der Waals surface area contributed by atoms with Crippen molar-refractivity contribution in [3.63, 3.8) is 0 Å². The summed E-state index contributed by atoms with van der Waals surface area (Å²) in [6.07, 6.45) is 4.05. The zero-order chi connectivity index (χ0) is 23.1. The Bertz CT molecular complexity index is 1260. The zero-order valence-corrected chi connectivity index (χ0v) is 18.6. The van der Waals surface area contributed by atoms with Gasteiger partial charge < -0.3 is 15.0 Å². The number of aromatic amines is 1. The number of carbonyl (C=O) groups excluding carboxylic acids is 1. The van der Waals surface area contributed by atoms with E-state index in [0.717, 1.165) is 12.8 Å². The number of hydrogen-bond donors (Lipinski definition) is 2. The summed E-state index contributed by atoms with van der Waals surface area (Å²) in [5.74, 6) is -0.00516. The summed E-state index contributed by atoms with van der Waals surface area (Å²) in [5.41, 5.74) is 1.53. The number of H-pyrrole nitrogens is 1. The van der Waals surface area contributed by atoms with Gasteiger partial charge in [-0.2, -0.15) is 0 Å². The zero-order valence-electron chi connectivity index (χ0n) is 18.6. The van der Waals surface area contributed by atoms with Crippen molar-refractivity contribution in [2.45, 2.75) is 57.8 Å². The number of carbonyl (C=O) groups is 1. The van der Waals surface area contributed by atoms with Crippen molar-refractivity contribution in [1.82, 2.24) is 25.2 Å². The normalized spacial score (nSPS) is 20.5. The number of hydrogen-bond acceptors (Lipinski definition) is 6. The predicted octanol–water partition coefficient (Wildman–Crippen LogP) is 2.56. The topological polar surface area (TPSA) is 100 Å². The molecule has 1 aliphatic carbocycles. The Morgan fingerprint density at radius 3 is 2.79 bits per heavy atom. The Morgan fingerprint density at radius 2 is 2.12 bits per heavy atom. The minimum Gasteiger partial charge on any atom is -0.486 e. The van der Waals surface area contributed by atoms with Gasteiger partial charge in [-0.1, -0.05) is 13.0 Å². The highest BCUT2D eigenvalue weighted by atomic mass is 19.1. The standard InChI is InChI=1S/C24H26FN5O3/c1-3-17-23(31)29-22-18(28-17)8-4-14(21(22)25)11-30-12-20(13(30)2)33-16-7-9-19(26-10-16)24(32)27-15-5-6-15/h4,7-10,13,15,20H,3,5-6,11-12H2,1-2H3,(H,27,32)(H,29,31)/t13-,20+/m1/s1. The van der Waals surface area contributed by atoms with E-state index in [2.05, 4.69) is 25.2 Å². The van der Waals surface area contributed by atoms with Crippen molar-refractivity contribution in [3.8, 4) is 5.75 Å². The molecule has 8 nitrogen and oxygen atoms in total. The first-order valence-electron chi connectivity index (χ1n) is 11.3. The van der Waals surface area contributed by atoms with Crippen LogP contribution in [0.2, 0.25) is 0 Å². The number of rotatable bonds is 7. The molecule has 1 saturated carbocycles. The number of benzene rings is 1. The Hall–Kier alpha value is -3.33. The molecule has 2 aromatic heterocycles. The first-order valence-corrected chi connectivity index (χ1v) is 11.3. The molecule has 1 amide bonds. The Kier molecular flexibility index (Phi) is 5.57. The molecule has 2 fully saturated rings. The number of likely N-dealkylation sites (tertiary alicyclic amines) is 1. The Labute approximate surface area is 190 Å². The Morgan fingerprint density at radius 1 is 1.30 bits per heavy atom. The van der Waals surface area contributed by atoms with Crippen molar-refractivity contribution in [2.75, 3.05) is 6.54 Å². The summed E-state index contributed by atoms with van der Waals surface area (Å²) in [7, 11) is 0. The van der Waals surface area contributed by atoms with E-state index in [1.54, 1.807) is 30.5 Å². The fraction of sp³-hybridized carbons (Fsp3) is 0.417. The number of aryl methyl sites for hydroxylation is 1. The summed E-state index contributed by atoms with van der Waals surface area (Å²) in [4.78, 5) is 37.3. The van der Waals surface area contributed by atoms with Gasteiger partial charge in [-0.15, -0.1) is 0 Å². The SMILES string of the molecule is CCc1nc2ccc(CN3C[C@H](Oc4ccc(C(=O)NC5CC5)nc4)[C@H]3C)c(F)c2[nH]c1=O. The van der Waals surface area contributed by atoms with Gasteiger partial charge in [0.25, 0.3) is 11.5 Å². The molecule has 0 spiro atoms. The highest BCUT2D eigenvalue weighted by Gasteiger charge is 2.37. The highest BCUT2D eigenvalue weighted by molar-refractivity contribution is 5.92. The minimum atomic E-state index is -0.444. The summed E-state index contributed by atoms with van der Waals surface area (Å²) >= 11 is 0. The van der Waals surface area contributed by atoms with Crippen LogP contribution in [0.1, 0.15) is 48.4 Å². The lowest BCUT2D eigenvalue weighted by Crippen LogP contribution is -2.60. The van der Waals surface area contributed by atoms with E-state index in [1.165, 1.54) is 0 Å². The molecule has 0 radical (unpaired) electrons. The van der Waals surface area contributed by atoms with Gasteiger partial charge in [0.2, 0.25) is 0 Å². The van der Waals surface area contributed by atoms with Gasteiger partial charge in [0.1, 0.15) is 28.8 Å². The Balaban J connectivity index is 1.21. The molecular formula is C24H26FN5O3. The average Bonchev–Trinajstić information content (AvgIpc) is 3.64. The van der Waals surface area contributed by atoms with Gasteiger partial charge in [0.15, 0.2) is 5.82 Å². The molecule has 3 heterocycles. The first kappa shape index (κ1) is 21.5. The fourth-order valence-electron chi connectivity index (χ4n) is 4.02. The van der Waals surface area contributed by atoms with Crippen molar-refractivity contribution >= 4 is 16.9 Å². The summed E-state index contributed by atoms with van der Waals surface area (Å²) in [6.45, 7) is 4.90. The maximum Gasteiger partial charge on any atom is 0.270 e. The predicted molar refractivity (Wildman–Crippen MR) is 121 cm³/mol. The number of nitrogens with one attached hydrogen (secondary N) is 2. The van der Waals surface area contributed by atoms with Crippen LogP contribution in [0.15, 0.2) is 35.3 Å². The maximum absolute atomic E-state index is 15.1. The monoisotopic (exact) mass is 451 g/mol. The lowest BCUT2D eigenvalue weighted by Gasteiger charge is -2.45. The highest BCUT2D eigenvalue weighted by Crippen LogP contribution is 2.27. The molecule has 9 heteroatoms. The molecule has 0 unspecified atom stereocenters. The molecule has 5 rings (SSSR count). The van der Waals surface area contributed by atoms with Gasteiger partial charge >= 0.3 is 0 Å². The van der Waals surface area contributed by atoms with Crippen LogP contribution in [0.4, 0.5) is 4.39 Å².